The zero-order chi connectivity index (χ0) is 16.7. The molecule has 0 aliphatic rings. The zero-order valence-electron chi connectivity index (χ0n) is 14.3. The number of benzene rings is 2. The van der Waals surface area contributed by atoms with Crippen molar-refractivity contribution in [1.82, 2.24) is 0 Å². The van der Waals surface area contributed by atoms with E-state index in [0.29, 0.717) is 6.54 Å². The van der Waals surface area contributed by atoms with Crippen LogP contribution in [0.1, 0.15) is 25.8 Å². The lowest BCUT2D eigenvalue weighted by molar-refractivity contribution is 0.0249. The van der Waals surface area contributed by atoms with Gasteiger partial charge in [0.05, 0.1) is 0 Å². The van der Waals surface area contributed by atoms with Crippen LogP contribution in [-0.4, -0.2) is 18.4 Å². The number of nitrogens with two attached hydrogens (primary N) is 1. The van der Waals surface area contributed by atoms with Crippen molar-refractivity contribution in [3.63, 3.8) is 0 Å². The molecule has 0 aromatic heterocycles. The van der Waals surface area contributed by atoms with Crippen molar-refractivity contribution < 1.29 is 4.74 Å². The van der Waals surface area contributed by atoms with E-state index in [2.05, 4.69) is 68.6 Å². The first-order valence-corrected chi connectivity index (χ1v) is 9.41. The predicted octanol–water partition coefficient (Wildman–Crippen LogP) is 4.77. The van der Waals surface area contributed by atoms with Crippen molar-refractivity contribution in [1.29, 1.82) is 0 Å². The van der Waals surface area contributed by atoms with Gasteiger partial charge in [-0.1, -0.05) is 37.3 Å². The second kappa shape index (κ2) is 8.42. The molecule has 2 aromatic carbocycles. The van der Waals surface area contributed by atoms with Crippen molar-refractivity contribution in [2.45, 2.75) is 37.2 Å². The molecule has 0 aliphatic heterocycles. The third-order valence-corrected chi connectivity index (χ3v) is 5.33. The molecule has 2 atom stereocenters. The first-order valence-electron chi connectivity index (χ1n) is 8.18. The molecule has 2 unspecified atom stereocenters. The Labute approximate surface area is 144 Å². The van der Waals surface area contributed by atoms with Gasteiger partial charge in [-0.25, -0.2) is 0 Å². The highest BCUT2D eigenvalue weighted by atomic mass is 32.2. The largest absolute Gasteiger partial charge is 0.487 e. The van der Waals surface area contributed by atoms with E-state index < -0.39 is 0 Å². The molecule has 0 radical (unpaired) electrons. The summed E-state index contributed by atoms with van der Waals surface area (Å²) in [5.41, 5.74) is 7.14. The highest BCUT2D eigenvalue weighted by molar-refractivity contribution is 7.98. The molecule has 0 bridgehead atoms. The van der Waals surface area contributed by atoms with Crippen LogP contribution in [0.3, 0.4) is 0 Å². The van der Waals surface area contributed by atoms with Crippen LogP contribution in [0.4, 0.5) is 0 Å². The third kappa shape index (κ3) is 4.76. The summed E-state index contributed by atoms with van der Waals surface area (Å²) >= 11 is 1.74. The number of ether oxygens (including phenoxy) is 1. The van der Waals surface area contributed by atoms with Gasteiger partial charge in [0.25, 0.3) is 0 Å². The topological polar surface area (TPSA) is 35.2 Å². The van der Waals surface area contributed by atoms with Crippen molar-refractivity contribution >= 4 is 11.8 Å². The van der Waals surface area contributed by atoms with Crippen LogP contribution in [0.25, 0.3) is 0 Å². The van der Waals surface area contributed by atoms with Crippen molar-refractivity contribution in [3.8, 4) is 5.75 Å². The molecule has 2 rings (SSSR count). The first-order chi connectivity index (χ1) is 11.1. The summed E-state index contributed by atoms with van der Waals surface area (Å²) in [7, 11) is 0. The fourth-order valence-corrected chi connectivity index (χ4v) is 3.21. The molecule has 3 heteroatoms. The van der Waals surface area contributed by atoms with E-state index in [4.69, 9.17) is 10.5 Å². The van der Waals surface area contributed by atoms with Crippen LogP contribution in [0.5, 0.6) is 5.75 Å². The van der Waals surface area contributed by atoms with E-state index in [1.54, 1.807) is 11.8 Å². The molecule has 0 spiro atoms. The Hall–Kier alpha value is -1.45. The van der Waals surface area contributed by atoms with Gasteiger partial charge in [0, 0.05) is 10.8 Å². The normalized spacial score (nSPS) is 15.0. The van der Waals surface area contributed by atoms with Crippen LogP contribution >= 0.6 is 11.8 Å². The second-order valence-electron chi connectivity index (χ2n) is 6.07. The number of thioether (sulfide) groups is 1. The number of hydrogen-bond donors (Lipinski definition) is 1. The molecular weight excluding hydrogens is 302 g/mol. The lowest BCUT2D eigenvalue weighted by Gasteiger charge is -2.37. The maximum atomic E-state index is 6.39. The van der Waals surface area contributed by atoms with Gasteiger partial charge in [-0.2, -0.15) is 0 Å². The molecule has 2 aromatic rings. The zero-order valence-corrected chi connectivity index (χ0v) is 15.1. The third-order valence-electron chi connectivity index (χ3n) is 4.59. The Morgan fingerprint density at radius 2 is 1.74 bits per heavy atom. The first kappa shape index (κ1) is 17.9. The lowest BCUT2D eigenvalue weighted by Crippen LogP contribution is -2.45. The van der Waals surface area contributed by atoms with Crippen molar-refractivity contribution in [2.75, 3.05) is 12.8 Å². The van der Waals surface area contributed by atoms with Gasteiger partial charge in [0.15, 0.2) is 0 Å². The smallest absolute Gasteiger partial charge is 0.120 e. The second-order valence-corrected chi connectivity index (χ2v) is 6.95. The molecule has 0 amide bonds. The van der Waals surface area contributed by atoms with Crippen LogP contribution in [0.2, 0.25) is 0 Å². The summed E-state index contributed by atoms with van der Waals surface area (Å²) in [5, 5.41) is 0. The highest BCUT2D eigenvalue weighted by Crippen LogP contribution is 2.31. The number of rotatable bonds is 8. The van der Waals surface area contributed by atoms with Crippen LogP contribution in [0.15, 0.2) is 59.5 Å². The summed E-state index contributed by atoms with van der Waals surface area (Å²) in [6.45, 7) is 4.96. The Kier molecular flexibility index (Phi) is 6.55. The molecule has 0 saturated carbocycles. The van der Waals surface area contributed by atoms with E-state index in [9.17, 15) is 0 Å². The van der Waals surface area contributed by atoms with Gasteiger partial charge >= 0.3 is 0 Å². The average molecular weight is 330 g/mol. The monoisotopic (exact) mass is 329 g/mol. The minimum absolute atomic E-state index is 0.272. The summed E-state index contributed by atoms with van der Waals surface area (Å²) < 4.78 is 6.39. The SMILES string of the molecule is CCC(C)(Oc1ccc(SC)cc1)C(CN)Cc1ccccc1. The Morgan fingerprint density at radius 1 is 1.09 bits per heavy atom. The van der Waals surface area contributed by atoms with Gasteiger partial charge in [-0.3, -0.25) is 0 Å². The minimum atomic E-state index is -0.272. The predicted molar refractivity (Wildman–Crippen MR) is 100 cm³/mol. The molecule has 2 N–H and O–H groups in total. The summed E-state index contributed by atoms with van der Waals surface area (Å²) in [6.07, 6.45) is 3.94. The molecule has 2 nitrogen and oxygen atoms in total. The van der Waals surface area contributed by atoms with Crippen LogP contribution < -0.4 is 10.5 Å². The van der Waals surface area contributed by atoms with Crippen molar-refractivity contribution in [2.24, 2.45) is 11.7 Å². The van der Waals surface area contributed by atoms with Gasteiger partial charge in [0.1, 0.15) is 11.4 Å². The standard InChI is InChI=1S/C20H27NOS/c1-4-20(2,22-18-10-12-19(23-3)13-11-18)17(15-21)14-16-8-6-5-7-9-16/h5-13,17H,4,14-15,21H2,1-3H3. The van der Waals surface area contributed by atoms with Gasteiger partial charge in [0.2, 0.25) is 0 Å². The fraction of sp³-hybridized carbons (Fsp3) is 0.400. The molecule has 0 saturated heterocycles. The Bertz CT molecular complexity index is 584. The van der Waals surface area contributed by atoms with E-state index >= 15 is 0 Å². The van der Waals surface area contributed by atoms with E-state index in [1.165, 1.54) is 10.5 Å². The molecule has 0 aliphatic carbocycles. The minimum Gasteiger partial charge on any atom is -0.487 e. The van der Waals surface area contributed by atoms with Crippen molar-refractivity contribution in [3.05, 3.63) is 60.2 Å². The van der Waals surface area contributed by atoms with Crippen LogP contribution in [-0.2, 0) is 6.42 Å². The highest BCUT2D eigenvalue weighted by Gasteiger charge is 2.34. The summed E-state index contributed by atoms with van der Waals surface area (Å²) in [4.78, 5) is 1.25. The Balaban J connectivity index is 2.15. The van der Waals surface area contributed by atoms with E-state index in [-0.39, 0.29) is 11.5 Å². The Morgan fingerprint density at radius 3 is 2.26 bits per heavy atom. The average Bonchev–Trinajstić information content (AvgIpc) is 2.61. The maximum Gasteiger partial charge on any atom is 0.120 e. The summed E-state index contributed by atoms with van der Waals surface area (Å²) in [5.74, 6) is 1.19. The maximum absolute atomic E-state index is 6.39. The molecule has 23 heavy (non-hydrogen) atoms. The molecule has 124 valence electrons. The van der Waals surface area contributed by atoms with Gasteiger partial charge in [-0.15, -0.1) is 11.8 Å². The van der Waals surface area contributed by atoms with E-state index in [0.717, 1.165) is 18.6 Å². The summed E-state index contributed by atoms with van der Waals surface area (Å²) in [6, 6.07) is 18.8. The molecule has 0 fully saturated rings. The van der Waals surface area contributed by atoms with E-state index in [1.807, 2.05) is 6.07 Å². The molecular formula is C20H27NOS. The van der Waals surface area contributed by atoms with Crippen LogP contribution in [0, 0.1) is 5.92 Å². The van der Waals surface area contributed by atoms with Gasteiger partial charge < -0.3 is 10.5 Å². The fourth-order valence-electron chi connectivity index (χ4n) is 2.80. The van der Waals surface area contributed by atoms with Gasteiger partial charge in [-0.05, 0) is 62.4 Å². The number of hydrogen-bond acceptors (Lipinski definition) is 3. The lowest BCUT2D eigenvalue weighted by atomic mass is 9.82. The molecule has 0 heterocycles. The quantitative estimate of drug-likeness (QED) is 0.708.